The third-order valence-electron chi connectivity index (χ3n) is 2.39. The number of methoxy groups -OCH3 is 1. The molecule has 0 saturated heterocycles. The molecule has 0 bridgehead atoms. The molecule has 100 valence electrons. The van der Waals surface area contributed by atoms with E-state index in [1.807, 2.05) is 29.6 Å². The van der Waals surface area contributed by atoms with Crippen LogP contribution < -0.4 is 10.1 Å². The normalized spacial score (nSPS) is 10.2. The van der Waals surface area contributed by atoms with E-state index >= 15 is 0 Å². The zero-order valence-corrected chi connectivity index (χ0v) is 11.4. The van der Waals surface area contributed by atoms with E-state index in [9.17, 15) is 4.79 Å². The fourth-order valence-corrected chi connectivity index (χ4v) is 2.13. The Kier molecular flexibility index (Phi) is 4.94. The molecule has 4 nitrogen and oxygen atoms in total. The number of carbonyl (C=O) groups excluding carboxylic acids is 1. The molecule has 1 aromatic heterocycles. The standard InChI is InChI=1S/C14H15NO3S/c1-17-7-8-18-12-5-2-4-11(10-12)15-14(16)13-6-3-9-19-13/h2-6,9-10H,7-8H2,1H3,(H,15,16). The number of amides is 1. The van der Waals surface area contributed by atoms with E-state index in [1.54, 1.807) is 19.2 Å². The first kappa shape index (κ1) is 13.6. The lowest BCUT2D eigenvalue weighted by molar-refractivity contribution is 0.103. The lowest BCUT2D eigenvalue weighted by atomic mass is 10.3. The van der Waals surface area contributed by atoms with Crippen molar-refractivity contribution in [3.8, 4) is 5.75 Å². The molecule has 1 N–H and O–H groups in total. The average molecular weight is 277 g/mol. The van der Waals surface area contributed by atoms with Crippen LogP contribution in [0.5, 0.6) is 5.75 Å². The van der Waals surface area contributed by atoms with Gasteiger partial charge < -0.3 is 14.8 Å². The van der Waals surface area contributed by atoms with Gasteiger partial charge in [-0.15, -0.1) is 11.3 Å². The minimum atomic E-state index is -0.107. The molecule has 1 heterocycles. The number of hydrogen-bond acceptors (Lipinski definition) is 4. The number of ether oxygens (including phenoxy) is 2. The van der Waals surface area contributed by atoms with Gasteiger partial charge in [-0.3, -0.25) is 4.79 Å². The molecule has 0 fully saturated rings. The molecule has 0 saturated carbocycles. The van der Waals surface area contributed by atoms with Gasteiger partial charge in [0.25, 0.3) is 5.91 Å². The molecule has 2 rings (SSSR count). The summed E-state index contributed by atoms with van der Waals surface area (Å²) < 4.78 is 10.4. The summed E-state index contributed by atoms with van der Waals surface area (Å²) in [4.78, 5) is 12.6. The number of rotatable bonds is 6. The quantitative estimate of drug-likeness (QED) is 0.826. The fourth-order valence-electron chi connectivity index (χ4n) is 1.51. The largest absolute Gasteiger partial charge is 0.491 e. The molecule has 1 aromatic carbocycles. The Balaban J connectivity index is 1.97. The van der Waals surface area contributed by atoms with Gasteiger partial charge in [-0.1, -0.05) is 12.1 Å². The summed E-state index contributed by atoms with van der Waals surface area (Å²) in [5.41, 5.74) is 0.716. The van der Waals surface area contributed by atoms with E-state index < -0.39 is 0 Å². The molecule has 0 spiro atoms. The van der Waals surface area contributed by atoms with E-state index in [4.69, 9.17) is 9.47 Å². The zero-order valence-electron chi connectivity index (χ0n) is 10.6. The van der Waals surface area contributed by atoms with Gasteiger partial charge in [0, 0.05) is 18.9 Å². The Morgan fingerprint density at radius 3 is 2.89 bits per heavy atom. The number of benzene rings is 1. The Bertz CT molecular complexity index is 525. The molecule has 0 radical (unpaired) electrons. The lowest BCUT2D eigenvalue weighted by Gasteiger charge is -2.08. The molecular formula is C14H15NO3S. The highest BCUT2D eigenvalue weighted by Gasteiger charge is 2.07. The van der Waals surface area contributed by atoms with Crippen LogP contribution >= 0.6 is 11.3 Å². The highest BCUT2D eigenvalue weighted by Crippen LogP contribution is 2.19. The fraction of sp³-hybridized carbons (Fsp3) is 0.214. The van der Waals surface area contributed by atoms with Gasteiger partial charge in [0.15, 0.2) is 0 Å². The molecule has 0 aliphatic rings. The number of carbonyl (C=O) groups is 1. The Morgan fingerprint density at radius 2 is 2.16 bits per heavy atom. The number of nitrogens with one attached hydrogen (secondary N) is 1. The topological polar surface area (TPSA) is 47.6 Å². The highest BCUT2D eigenvalue weighted by atomic mass is 32.1. The third-order valence-corrected chi connectivity index (χ3v) is 3.26. The predicted octanol–water partition coefficient (Wildman–Crippen LogP) is 3.03. The second-order valence-electron chi connectivity index (χ2n) is 3.80. The molecule has 0 aliphatic carbocycles. The predicted molar refractivity (Wildman–Crippen MR) is 76.1 cm³/mol. The Labute approximate surface area is 116 Å². The van der Waals surface area contributed by atoms with Crippen molar-refractivity contribution in [2.24, 2.45) is 0 Å². The van der Waals surface area contributed by atoms with E-state index in [0.717, 1.165) is 0 Å². The molecule has 2 aromatic rings. The van der Waals surface area contributed by atoms with Crippen LogP contribution in [-0.2, 0) is 4.74 Å². The van der Waals surface area contributed by atoms with Gasteiger partial charge in [0.1, 0.15) is 12.4 Å². The summed E-state index contributed by atoms with van der Waals surface area (Å²) in [6, 6.07) is 10.9. The van der Waals surface area contributed by atoms with Crippen LogP contribution in [0.2, 0.25) is 0 Å². The summed E-state index contributed by atoms with van der Waals surface area (Å²) in [6.45, 7) is 1.02. The van der Waals surface area contributed by atoms with Crippen LogP contribution in [0.1, 0.15) is 9.67 Å². The van der Waals surface area contributed by atoms with Gasteiger partial charge >= 0.3 is 0 Å². The van der Waals surface area contributed by atoms with Crippen molar-refractivity contribution in [1.82, 2.24) is 0 Å². The van der Waals surface area contributed by atoms with Gasteiger partial charge in [-0.25, -0.2) is 0 Å². The van der Waals surface area contributed by atoms with Gasteiger partial charge in [-0.05, 0) is 23.6 Å². The van der Waals surface area contributed by atoms with E-state index in [-0.39, 0.29) is 5.91 Å². The second-order valence-corrected chi connectivity index (χ2v) is 4.75. The van der Waals surface area contributed by atoms with Gasteiger partial charge in [-0.2, -0.15) is 0 Å². The Morgan fingerprint density at radius 1 is 1.26 bits per heavy atom. The summed E-state index contributed by atoms with van der Waals surface area (Å²) in [6.07, 6.45) is 0. The maximum absolute atomic E-state index is 11.9. The SMILES string of the molecule is COCCOc1cccc(NC(=O)c2cccs2)c1. The third kappa shape index (κ3) is 4.08. The molecular weight excluding hydrogens is 262 g/mol. The zero-order chi connectivity index (χ0) is 13.5. The van der Waals surface area contributed by atoms with Crippen LogP contribution in [0.3, 0.4) is 0 Å². The maximum Gasteiger partial charge on any atom is 0.265 e. The smallest absolute Gasteiger partial charge is 0.265 e. The van der Waals surface area contributed by atoms with Crippen molar-refractivity contribution in [2.75, 3.05) is 25.6 Å². The molecule has 19 heavy (non-hydrogen) atoms. The summed E-state index contributed by atoms with van der Waals surface area (Å²) >= 11 is 1.41. The minimum absolute atomic E-state index is 0.107. The van der Waals surface area contributed by atoms with E-state index in [0.29, 0.717) is 29.5 Å². The lowest BCUT2D eigenvalue weighted by Crippen LogP contribution is -2.10. The Hall–Kier alpha value is -1.85. The minimum Gasteiger partial charge on any atom is -0.491 e. The van der Waals surface area contributed by atoms with Crippen LogP contribution in [0, 0.1) is 0 Å². The first-order chi connectivity index (χ1) is 9.29. The van der Waals surface area contributed by atoms with Crippen LogP contribution in [-0.4, -0.2) is 26.2 Å². The van der Waals surface area contributed by atoms with Crippen LogP contribution in [0.25, 0.3) is 0 Å². The number of hydrogen-bond donors (Lipinski definition) is 1. The van der Waals surface area contributed by atoms with Crippen molar-refractivity contribution in [3.05, 3.63) is 46.7 Å². The van der Waals surface area contributed by atoms with Crippen molar-refractivity contribution in [3.63, 3.8) is 0 Å². The van der Waals surface area contributed by atoms with Crippen molar-refractivity contribution in [1.29, 1.82) is 0 Å². The van der Waals surface area contributed by atoms with Crippen LogP contribution in [0.4, 0.5) is 5.69 Å². The summed E-state index contributed by atoms with van der Waals surface area (Å²) in [7, 11) is 1.63. The number of anilines is 1. The van der Waals surface area contributed by atoms with Crippen molar-refractivity contribution in [2.45, 2.75) is 0 Å². The highest BCUT2D eigenvalue weighted by molar-refractivity contribution is 7.12. The van der Waals surface area contributed by atoms with E-state index in [1.165, 1.54) is 11.3 Å². The molecule has 0 unspecified atom stereocenters. The first-order valence-corrected chi connectivity index (χ1v) is 6.74. The monoisotopic (exact) mass is 277 g/mol. The van der Waals surface area contributed by atoms with Crippen molar-refractivity contribution >= 4 is 22.9 Å². The summed E-state index contributed by atoms with van der Waals surface area (Å²) in [5, 5.41) is 4.71. The van der Waals surface area contributed by atoms with Crippen LogP contribution in [0.15, 0.2) is 41.8 Å². The maximum atomic E-state index is 11.9. The average Bonchev–Trinajstić information content (AvgIpc) is 2.93. The molecule has 0 aliphatic heterocycles. The molecule has 0 atom stereocenters. The second kappa shape index (κ2) is 6.92. The van der Waals surface area contributed by atoms with Crippen molar-refractivity contribution < 1.29 is 14.3 Å². The molecule has 5 heteroatoms. The van der Waals surface area contributed by atoms with Gasteiger partial charge in [0.05, 0.1) is 11.5 Å². The van der Waals surface area contributed by atoms with E-state index in [2.05, 4.69) is 5.32 Å². The van der Waals surface area contributed by atoms with Gasteiger partial charge in [0.2, 0.25) is 0 Å². The molecule has 1 amide bonds. The number of thiophene rings is 1. The first-order valence-electron chi connectivity index (χ1n) is 5.86. The summed E-state index contributed by atoms with van der Waals surface area (Å²) in [5.74, 6) is 0.602.